The maximum absolute atomic E-state index is 3.59. The van der Waals surface area contributed by atoms with Crippen LogP contribution >= 0.6 is 38.6 Å². The summed E-state index contributed by atoms with van der Waals surface area (Å²) in [7, 11) is 0. The Bertz CT molecular complexity index is 475. The van der Waals surface area contributed by atoms with Crippen molar-refractivity contribution in [1.29, 1.82) is 0 Å². The summed E-state index contributed by atoms with van der Waals surface area (Å²) in [6, 6.07) is 6.99. The number of thiophene rings is 2. The van der Waals surface area contributed by atoms with Crippen LogP contribution in [0.15, 0.2) is 27.4 Å². The average Bonchev–Trinajstić information content (AvgIpc) is 2.87. The number of aryl methyl sites for hydroxylation is 1. The normalized spacial score (nSPS) is 12.9. The molecule has 1 nitrogen and oxygen atoms in total. The molecule has 0 aliphatic heterocycles. The summed E-state index contributed by atoms with van der Waals surface area (Å²) >= 11 is 7.21. The highest BCUT2D eigenvalue weighted by molar-refractivity contribution is 9.11. The molecule has 2 aromatic rings. The van der Waals surface area contributed by atoms with E-state index < -0.39 is 0 Å². The maximum atomic E-state index is 3.59. The number of hydrogen-bond donors (Lipinski definition) is 1. The van der Waals surface area contributed by atoms with Crippen LogP contribution < -0.4 is 5.32 Å². The van der Waals surface area contributed by atoms with E-state index >= 15 is 0 Å². The molecule has 17 heavy (non-hydrogen) atoms. The zero-order valence-corrected chi connectivity index (χ0v) is 13.2. The zero-order valence-electron chi connectivity index (χ0n) is 10.00. The van der Waals surface area contributed by atoms with Gasteiger partial charge in [-0.25, -0.2) is 0 Å². The zero-order chi connectivity index (χ0) is 12.3. The molecule has 0 amide bonds. The molecule has 0 saturated carbocycles. The van der Waals surface area contributed by atoms with Gasteiger partial charge in [0.15, 0.2) is 0 Å². The number of rotatable bonds is 5. The lowest BCUT2D eigenvalue weighted by atomic mass is 10.1. The van der Waals surface area contributed by atoms with E-state index in [1.54, 1.807) is 0 Å². The quantitative estimate of drug-likeness (QED) is 0.832. The fraction of sp³-hybridized carbons (Fsp3) is 0.385. The molecule has 0 aliphatic rings. The van der Waals surface area contributed by atoms with Crippen molar-refractivity contribution < 1.29 is 0 Å². The molecular weight excluding hydrogens is 314 g/mol. The smallest absolute Gasteiger partial charge is 0.0701 e. The van der Waals surface area contributed by atoms with Gasteiger partial charge in [0.05, 0.1) is 3.79 Å². The molecule has 0 aromatic carbocycles. The van der Waals surface area contributed by atoms with Gasteiger partial charge in [-0.3, -0.25) is 0 Å². The first kappa shape index (κ1) is 13.3. The second kappa shape index (κ2) is 6.14. The molecule has 2 heterocycles. The lowest BCUT2D eigenvalue weighted by molar-refractivity contribution is 0.559. The van der Waals surface area contributed by atoms with E-state index in [1.165, 1.54) is 19.1 Å². The summed E-state index contributed by atoms with van der Waals surface area (Å²) in [5, 5.41) is 5.77. The maximum Gasteiger partial charge on any atom is 0.0701 e. The van der Waals surface area contributed by atoms with Gasteiger partial charge in [-0.2, -0.15) is 0 Å². The van der Waals surface area contributed by atoms with E-state index in [2.05, 4.69) is 58.7 Å². The van der Waals surface area contributed by atoms with E-state index in [9.17, 15) is 0 Å². The Hall–Kier alpha value is -0.160. The van der Waals surface area contributed by atoms with Crippen molar-refractivity contribution >= 4 is 38.6 Å². The summed E-state index contributed by atoms with van der Waals surface area (Å²) < 4.78 is 1.21. The summed E-state index contributed by atoms with van der Waals surface area (Å²) in [6.07, 6.45) is 1.07. The minimum Gasteiger partial charge on any atom is -0.309 e. The van der Waals surface area contributed by atoms with Crippen LogP contribution in [0.4, 0.5) is 0 Å². The van der Waals surface area contributed by atoms with E-state index in [1.807, 2.05) is 22.7 Å². The predicted molar refractivity (Wildman–Crippen MR) is 81.2 cm³/mol. The van der Waals surface area contributed by atoms with Crippen molar-refractivity contribution in [3.63, 3.8) is 0 Å². The third-order valence-electron chi connectivity index (χ3n) is 2.70. The van der Waals surface area contributed by atoms with Crippen LogP contribution in [-0.2, 0) is 6.42 Å². The largest absolute Gasteiger partial charge is 0.309 e. The minimum absolute atomic E-state index is 0.450. The van der Waals surface area contributed by atoms with Gasteiger partial charge >= 0.3 is 0 Å². The third kappa shape index (κ3) is 3.41. The lowest BCUT2D eigenvalue weighted by Crippen LogP contribution is -2.22. The topological polar surface area (TPSA) is 12.0 Å². The molecule has 0 bridgehead atoms. The molecule has 0 spiro atoms. The summed E-state index contributed by atoms with van der Waals surface area (Å²) in [6.45, 7) is 5.37. The molecule has 92 valence electrons. The van der Waals surface area contributed by atoms with E-state index in [-0.39, 0.29) is 0 Å². The molecule has 2 aromatic heterocycles. The van der Waals surface area contributed by atoms with Gasteiger partial charge in [0.1, 0.15) is 0 Å². The van der Waals surface area contributed by atoms with Gasteiger partial charge in [-0.05, 0) is 58.5 Å². The van der Waals surface area contributed by atoms with Gasteiger partial charge in [0.2, 0.25) is 0 Å². The van der Waals surface area contributed by atoms with Crippen molar-refractivity contribution in [2.24, 2.45) is 0 Å². The molecule has 1 atom stereocenters. The lowest BCUT2D eigenvalue weighted by Gasteiger charge is -2.16. The average molecular weight is 330 g/mol. The number of nitrogens with one attached hydrogen (secondary N) is 1. The number of hydrogen-bond acceptors (Lipinski definition) is 3. The number of halogens is 1. The fourth-order valence-electron chi connectivity index (χ4n) is 1.91. The van der Waals surface area contributed by atoms with E-state index in [4.69, 9.17) is 0 Å². The monoisotopic (exact) mass is 329 g/mol. The summed E-state index contributed by atoms with van der Waals surface area (Å²) in [4.78, 5) is 2.90. The van der Waals surface area contributed by atoms with Crippen molar-refractivity contribution in [3.05, 3.63) is 42.7 Å². The molecule has 0 fully saturated rings. The highest BCUT2D eigenvalue weighted by Crippen LogP contribution is 2.30. The molecule has 0 radical (unpaired) electrons. The van der Waals surface area contributed by atoms with Crippen LogP contribution in [0, 0.1) is 6.92 Å². The van der Waals surface area contributed by atoms with Crippen LogP contribution in [0.25, 0.3) is 0 Å². The van der Waals surface area contributed by atoms with Crippen LogP contribution in [0.3, 0.4) is 0 Å². The summed E-state index contributed by atoms with van der Waals surface area (Å²) in [5.74, 6) is 0. The van der Waals surface area contributed by atoms with Gasteiger partial charge in [0, 0.05) is 22.2 Å². The van der Waals surface area contributed by atoms with Crippen molar-refractivity contribution in [2.75, 3.05) is 6.54 Å². The second-order valence-electron chi connectivity index (χ2n) is 3.99. The summed E-state index contributed by atoms with van der Waals surface area (Å²) in [5.41, 5.74) is 1.40. The van der Waals surface area contributed by atoms with Gasteiger partial charge in [-0.15, -0.1) is 22.7 Å². The molecular formula is C13H16BrNS2. The molecule has 0 aliphatic carbocycles. The van der Waals surface area contributed by atoms with Crippen molar-refractivity contribution in [2.45, 2.75) is 26.3 Å². The molecule has 2 rings (SSSR count). The Morgan fingerprint density at radius 2 is 2.18 bits per heavy atom. The Morgan fingerprint density at radius 1 is 1.35 bits per heavy atom. The van der Waals surface area contributed by atoms with Gasteiger partial charge in [-0.1, -0.05) is 6.92 Å². The van der Waals surface area contributed by atoms with Gasteiger partial charge in [0.25, 0.3) is 0 Å². The fourth-order valence-corrected chi connectivity index (χ4v) is 4.44. The first-order valence-electron chi connectivity index (χ1n) is 5.72. The van der Waals surface area contributed by atoms with Crippen molar-refractivity contribution in [1.82, 2.24) is 5.32 Å². The Kier molecular flexibility index (Phi) is 4.79. The Labute approximate surface area is 119 Å². The third-order valence-corrected chi connectivity index (χ3v) is 5.48. The van der Waals surface area contributed by atoms with Crippen molar-refractivity contribution in [3.8, 4) is 0 Å². The van der Waals surface area contributed by atoms with Crippen LogP contribution in [0.1, 0.15) is 28.3 Å². The van der Waals surface area contributed by atoms with Gasteiger partial charge < -0.3 is 5.32 Å². The first-order chi connectivity index (χ1) is 8.20. The van der Waals surface area contributed by atoms with Crippen LogP contribution in [-0.4, -0.2) is 6.54 Å². The number of likely N-dealkylation sites (N-methyl/N-ethyl adjacent to an activating group) is 1. The Morgan fingerprint density at radius 3 is 2.71 bits per heavy atom. The van der Waals surface area contributed by atoms with Crippen LogP contribution in [0.5, 0.6) is 0 Å². The molecule has 1 unspecified atom stereocenters. The van der Waals surface area contributed by atoms with E-state index in [0.717, 1.165) is 13.0 Å². The molecule has 0 saturated heterocycles. The minimum atomic E-state index is 0.450. The molecule has 1 N–H and O–H groups in total. The highest BCUT2D eigenvalue weighted by atomic mass is 79.9. The Balaban J connectivity index is 2.15. The first-order valence-corrected chi connectivity index (χ1v) is 8.21. The van der Waals surface area contributed by atoms with Crippen LogP contribution in [0.2, 0.25) is 0 Å². The highest BCUT2D eigenvalue weighted by Gasteiger charge is 2.15. The second-order valence-corrected chi connectivity index (χ2v) is 7.48. The molecule has 4 heteroatoms. The van der Waals surface area contributed by atoms with E-state index in [0.29, 0.717) is 6.04 Å². The predicted octanol–water partition coefficient (Wildman–Crippen LogP) is 4.77. The standard InChI is InChI=1S/C13H16BrNS2/c1-3-15-11(13-9(2)6-7-16-13)8-10-4-5-12(14)17-10/h4-7,11,15H,3,8H2,1-2H3. The SMILES string of the molecule is CCNC(Cc1ccc(Br)s1)c1sccc1C.